The highest BCUT2D eigenvalue weighted by Crippen LogP contribution is 2.27. The zero-order valence-corrected chi connectivity index (χ0v) is 11.0. The number of alkyl halides is 1. The lowest BCUT2D eigenvalue weighted by Crippen LogP contribution is -1.83. The number of aryl methyl sites for hydroxylation is 2. The Balaban J connectivity index is 2.34. The Kier molecular flexibility index (Phi) is 3.79. The van der Waals surface area contributed by atoms with Crippen molar-refractivity contribution in [1.29, 1.82) is 0 Å². The summed E-state index contributed by atoms with van der Waals surface area (Å²) in [4.78, 5) is 0. The summed E-state index contributed by atoms with van der Waals surface area (Å²) in [6, 6.07) is 5.88. The van der Waals surface area contributed by atoms with Crippen LogP contribution in [0.25, 0.3) is 10.6 Å². The fourth-order valence-corrected chi connectivity index (χ4v) is 2.82. The highest BCUT2D eigenvalue weighted by molar-refractivity contribution is 7.14. The molecule has 2 nitrogen and oxygen atoms in total. The number of hydrogen-bond donors (Lipinski definition) is 0. The molecule has 0 radical (unpaired) electrons. The first-order valence-corrected chi connectivity index (χ1v) is 6.58. The maximum absolute atomic E-state index is 6.00. The van der Waals surface area contributed by atoms with Crippen molar-refractivity contribution in [1.82, 2.24) is 10.2 Å². The molecule has 0 fully saturated rings. The molecule has 5 heteroatoms. The van der Waals surface area contributed by atoms with Crippen molar-refractivity contribution in [3.8, 4) is 10.6 Å². The Morgan fingerprint density at radius 2 is 2.06 bits per heavy atom. The van der Waals surface area contributed by atoms with Crippen molar-refractivity contribution >= 4 is 34.5 Å². The number of hydrogen-bond acceptors (Lipinski definition) is 3. The monoisotopic (exact) mass is 272 g/mol. The van der Waals surface area contributed by atoms with Gasteiger partial charge in [-0.3, -0.25) is 0 Å². The van der Waals surface area contributed by atoms with Gasteiger partial charge in [0.2, 0.25) is 0 Å². The molecule has 0 aliphatic rings. The molecule has 0 atom stereocenters. The molecule has 0 spiro atoms. The van der Waals surface area contributed by atoms with Crippen LogP contribution in [0.1, 0.15) is 10.6 Å². The Morgan fingerprint density at radius 3 is 2.75 bits per heavy atom. The third-order valence-electron chi connectivity index (χ3n) is 2.06. The summed E-state index contributed by atoms with van der Waals surface area (Å²) in [5.74, 6) is 0.573. The molecule has 0 saturated heterocycles. The van der Waals surface area contributed by atoms with Crippen molar-refractivity contribution in [2.45, 2.75) is 13.3 Å². The Morgan fingerprint density at radius 1 is 1.25 bits per heavy atom. The minimum atomic E-state index is 0.573. The number of rotatable bonds is 3. The van der Waals surface area contributed by atoms with Gasteiger partial charge in [-0.05, 0) is 30.7 Å². The van der Waals surface area contributed by atoms with Crippen LogP contribution in [-0.4, -0.2) is 16.1 Å². The largest absolute Gasteiger partial charge is 0.147 e. The minimum Gasteiger partial charge on any atom is -0.143 e. The van der Waals surface area contributed by atoms with Crippen molar-refractivity contribution in [3.63, 3.8) is 0 Å². The summed E-state index contributed by atoms with van der Waals surface area (Å²) >= 11 is 13.2. The van der Waals surface area contributed by atoms with E-state index in [9.17, 15) is 0 Å². The van der Waals surface area contributed by atoms with E-state index >= 15 is 0 Å². The Bertz CT molecular complexity index is 476. The lowest BCUT2D eigenvalue weighted by Gasteiger charge is -1.99. The van der Waals surface area contributed by atoms with Crippen LogP contribution in [0.5, 0.6) is 0 Å². The van der Waals surface area contributed by atoms with Gasteiger partial charge in [-0.1, -0.05) is 22.9 Å². The van der Waals surface area contributed by atoms with Crippen LogP contribution < -0.4 is 0 Å². The average Bonchev–Trinajstić information content (AvgIpc) is 2.65. The molecule has 0 bridgehead atoms. The van der Waals surface area contributed by atoms with Crippen molar-refractivity contribution < 1.29 is 0 Å². The highest BCUT2D eigenvalue weighted by atomic mass is 35.5. The van der Waals surface area contributed by atoms with Gasteiger partial charge in [0.25, 0.3) is 0 Å². The second-order valence-electron chi connectivity index (χ2n) is 3.46. The molecule has 16 heavy (non-hydrogen) atoms. The second kappa shape index (κ2) is 5.13. The molecule has 1 aromatic carbocycles. The van der Waals surface area contributed by atoms with E-state index in [1.165, 1.54) is 0 Å². The van der Waals surface area contributed by atoms with E-state index in [2.05, 4.69) is 16.3 Å². The van der Waals surface area contributed by atoms with Crippen molar-refractivity contribution in [3.05, 3.63) is 33.8 Å². The lowest BCUT2D eigenvalue weighted by atomic mass is 10.1. The summed E-state index contributed by atoms with van der Waals surface area (Å²) in [6.07, 6.45) is 0.763. The Labute approximate surface area is 108 Å². The van der Waals surface area contributed by atoms with Crippen molar-refractivity contribution in [2.24, 2.45) is 0 Å². The lowest BCUT2D eigenvalue weighted by molar-refractivity contribution is 0.990. The van der Waals surface area contributed by atoms with Crippen LogP contribution in [-0.2, 0) is 6.42 Å². The van der Waals surface area contributed by atoms with Gasteiger partial charge in [0.05, 0.1) is 0 Å². The molecule has 0 unspecified atom stereocenters. The van der Waals surface area contributed by atoms with Gasteiger partial charge < -0.3 is 0 Å². The molecule has 1 aromatic heterocycles. The second-order valence-corrected chi connectivity index (χ2v) is 5.33. The summed E-state index contributed by atoms with van der Waals surface area (Å²) in [7, 11) is 0. The molecule has 1 heterocycles. The number of benzene rings is 1. The SMILES string of the molecule is Cc1cc(Cl)cc(-c2nnc(CCCl)s2)c1. The van der Waals surface area contributed by atoms with E-state index in [1.807, 2.05) is 19.1 Å². The Hall–Kier alpha value is -0.640. The molecule has 0 saturated carbocycles. The maximum Gasteiger partial charge on any atom is 0.147 e. The molecule has 84 valence electrons. The molecular weight excluding hydrogens is 263 g/mol. The van der Waals surface area contributed by atoms with Crippen LogP contribution in [0.3, 0.4) is 0 Å². The van der Waals surface area contributed by atoms with Crippen LogP contribution in [0, 0.1) is 6.92 Å². The number of nitrogens with zero attached hydrogens (tertiary/aromatic N) is 2. The minimum absolute atomic E-state index is 0.573. The first kappa shape index (κ1) is 11.8. The predicted octanol–water partition coefficient (Wildman–Crippen LogP) is 3.95. The standard InChI is InChI=1S/C11H10Cl2N2S/c1-7-4-8(6-9(13)5-7)11-15-14-10(16-11)2-3-12/h4-6H,2-3H2,1H3. The van der Waals surface area contributed by atoms with Gasteiger partial charge in [0.15, 0.2) is 0 Å². The summed E-state index contributed by atoms with van der Waals surface area (Å²) < 4.78 is 0. The zero-order valence-electron chi connectivity index (χ0n) is 8.70. The maximum atomic E-state index is 6.00. The smallest absolute Gasteiger partial charge is 0.143 e. The first-order chi connectivity index (χ1) is 7.69. The van der Waals surface area contributed by atoms with Crippen molar-refractivity contribution in [2.75, 3.05) is 5.88 Å². The van der Waals surface area contributed by atoms with E-state index in [4.69, 9.17) is 23.2 Å². The van der Waals surface area contributed by atoms with Gasteiger partial charge in [-0.25, -0.2) is 0 Å². The topological polar surface area (TPSA) is 25.8 Å². The summed E-state index contributed by atoms with van der Waals surface area (Å²) in [5.41, 5.74) is 2.14. The molecule has 2 aromatic rings. The van der Waals surface area contributed by atoms with Crippen LogP contribution in [0.2, 0.25) is 5.02 Å². The molecule has 0 N–H and O–H groups in total. The third kappa shape index (κ3) is 2.73. The summed E-state index contributed by atoms with van der Waals surface area (Å²) in [5, 5.41) is 10.8. The van der Waals surface area contributed by atoms with Gasteiger partial charge in [-0.2, -0.15) is 0 Å². The van der Waals surface area contributed by atoms with E-state index in [1.54, 1.807) is 11.3 Å². The fraction of sp³-hybridized carbons (Fsp3) is 0.273. The van der Waals surface area contributed by atoms with Crippen LogP contribution >= 0.6 is 34.5 Å². The van der Waals surface area contributed by atoms with Gasteiger partial charge in [0, 0.05) is 22.9 Å². The molecule has 0 aliphatic heterocycles. The van der Waals surface area contributed by atoms with E-state index in [0.29, 0.717) is 5.88 Å². The normalized spacial score (nSPS) is 10.7. The molecular formula is C11H10Cl2N2S. The van der Waals surface area contributed by atoms with E-state index in [-0.39, 0.29) is 0 Å². The first-order valence-electron chi connectivity index (χ1n) is 4.85. The van der Waals surface area contributed by atoms with Crippen LogP contribution in [0.15, 0.2) is 18.2 Å². The molecule has 0 aliphatic carbocycles. The number of halogens is 2. The van der Waals surface area contributed by atoms with E-state index in [0.717, 1.165) is 32.6 Å². The van der Waals surface area contributed by atoms with Crippen LogP contribution in [0.4, 0.5) is 0 Å². The van der Waals surface area contributed by atoms with Gasteiger partial charge in [-0.15, -0.1) is 21.8 Å². The zero-order chi connectivity index (χ0) is 11.5. The third-order valence-corrected chi connectivity index (χ3v) is 3.50. The molecule has 0 amide bonds. The molecule has 2 rings (SSSR count). The predicted molar refractivity (Wildman–Crippen MR) is 69.5 cm³/mol. The van der Waals surface area contributed by atoms with Gasteiger partial charge in [0.1, 0.15) is 10.0 Å². The average molecular weight is 273 g/mol. The number of aromatic nitrogens is 2. The highest BCUT2D eigenvalue weighted by Gasteiger charge is 2.07. The fourth-order valence-electron chi connectivity index (χ4n) is 1.41. The van der Waals surface area contributed by atoms with Gasteiger partial charge >= 0.3 is 0 Å². The summed E-state index contributed by atoms with van der Waals surface area (Å²) in [6.45, 7) is 2.01. The van der Waals surface area contributed by atoms with E-state index < -0.39 is 0 Å². The quantitative estimate of drug-likeness (QED) is 0.791.